The van der Waals surface area contributed by atoms with Crippen LogP contribution in [0.15, 0.2) is 52.4 Å². The lowest BCUT2D eigenvalue weighted by molar-refractivity contribution is 0.623. The first-order valence-electron chi connectivity index (χ1n) is 6.61. The number of aromatic nitrogens is 1. The minimum Gasteiger partial charge on any atom is -0.359 e. The second-order valence-corrected chi connectivity index (χ2v) is 6.20. The topological polar surface area (TPSA) is 41.8 Å². The maximum Gasteiger partial charge on any atom is 0.123 e. The monoisotopic (exact) mass is 320 g/mol. The van der Waals surface area contributed by atoms with Gasteiger partial charge >= 0.3 is 0 Å². The zero-order valence-corrected chi connectivity index (χ0v) is 12.8. The van der Waals surface area contributed by atoms with Gasteiger partial charge in [0.1, 0.15) is 5.82 Å². The highest BCUT2D eigenvalue weighted by Crippen LogP contribution is 2.37. The highest BCUT2D eigenvalue weighted by atomic mass is 35.5. The Morgan fingerprint density at radius 2 is 2.05 bits per heavy atom. The summed E-state index contributed by atoms with van der Waals surface area (Å²) in [6, 6.07) is 10.6. The van der Waals surface area contributed by atoms with Gasteiger partial charge in [-0.2, -0.15) is 0 Å². The van der Waals surface area contributed by atoms with Gasteiger partial charge in [-0.3, -0.25) is 0 Å². The second-order valence-electron chi connectivity index (χ2n) is 4.71. The second kappa shape index (κ2) is 6.10. The summed E-state index contributed by atoms with van der Waals surface area (Å²) >= 11 is 7.76. The van der Waals surface area contributed by atoms with Crippen molar-refractivity contribution in [2.75, 3.05) is 6.54 Å². The molecule has 0 radical (unpaired) electrons. The molecule has 0 unspecified atom stereocenters. The van der Waals surface area contributed by atoms with Gasteiger partial charge in [0.15, 0.2) is 0 Å². The van der Waals surface area contributed by atoms with Crippen molar-refractivity contribution in [2.24, 2.45) is 5.73 Å². The Labute approximate surface area is 131 Å². The molecule has 0 aliphatic heterocycles. The molecule has 108 valence electrons. The predicted molar refractivity (Wildman–Crippen MR) is 86.6 cm³/mol. The lowest BCUT2D eigenvalue weighted by Gasteiger charge is -2.08. The van der Waals surface area contributed by atoms with Gasteiger partial charge in [-0.1, -0.05) is 35.5 Å². The standard InChI is InChI=1S/C16H14ClFN2S/c17-13-3-1-2-12-15(9-20-16(12)13)21-14-5-4-11(18)8-10(14)6-7-19/h1-5,8-9,20H,6-7,19H2. The van der Waals surface area contributed by atoms with Crippen molar-refractivity contribution in [3.8, 4) is 0 Å². The largest absolute Gasteiger partial charge is 0.359 e. The molecule has 0 atom stereocenters. The van der Waals surface area contributed by atoms with Gasteiger partial charge in [-0.25, -0.2) is 4.39 Å². The number of aromatic amines is 1. The third-order valence-corrected chi connectivity index (χ3v) is 4.77. The highest BCUT2D eigenvalue weighted by molar-refractivity contribution is 7.99. The number of para-hydroxylation sites is 1. The number of nitrogens with two attached hydrogens (primary N) is 1. The minimum absolute atomic E-state index is 0.232. The van der Waals surface area contributed by atoms with Crippen LogP contribution in [0.3, 0.4) is 0 Å². The normalized spacial score (nSPS) is 11.2. The molecule has 0 bridgehead atoms. The molecule has 0 amide bonds. The van der Waals surface area contributed by atoms with Crippen LogP contribution in [0.25, 0.3) is 10.9 Å². The molecular formula is C16H14ClFN2S. The van der Waals surface area contributed by atoms with Gasteiger partial charge in [0.05, 0.1) is 10.5 Å². The minimum atomic E-state index is -0.232. The molecule has 21 heavy (non-hydrogen) atoms. The van der Waals surface area contributed by atoms with Gasteiger partial charge in [0.2, 0.25) is 0 Å². The van der Waals surface area contributed by atoms with Crippen LogP contribution in [0, 0.1) is 5.82 Å². The van der Waals surface area contributed by atoms with Crippen LogP contribution in [0.2, 0.25) is 5.02 Å². The van der Waals surface area contributed by atoms with Gasteiger partial charge in [-0.05, 0) is 42.8 Å². The molecule has 0 saturated carbocycles. The summed E-state index contributed by atoms with van der Waals surface area (Å²) in [6.45, 7) is 0.497. The van der Waals surface area contributed by atoms with Crippen LogP contribution < -0.4 is 5.73 Å². The number of fused-ring (bicyclic) bond motifs is 1. The Morgan fingerprint density at radius 3 is 2.86 bits per heavy atom. The summed E-state index contributed by atoms with van der Waals surface area (Å²) < 4.78 is 13.4. The van der Waals surface area contributed by atoms with Gasteiger partial charge in [0.25, 0.3) is 0 Å². The maximum absolute atomic E-state index is 13.4. The van der Waals surface area contributed by atoms with E-state index in [2.05, 4.69) is 4.98 Å². The van der Waals surface area contributed by atoms with Crippen molar-refractivity contribution in [3.05, 3.63) is 59.0 Å². The zero-order chi connectivity index (χ0) is 14.8. The Balaban J connectivity index is 2.01. The molecule has 0 spiro atoms. The predicted octanol–water partition coefficient (Wildman–Crippen LogP) is 4.61. The van der Waals surface area contributed by atoms with Crippen molar-refractivity contribution in [2.45, 2.75) is 16.2 Å². The third kappa shape index (κ3) is 2.93. The summed E-state index contributed by atoms with van der Waals surface area (Å²) in [5, 5.41) is 1.76. The fourth-order valence-corrected chi connectivity index (χ4v) is 3.59. The molecule has 0 saturated heterocycles. The first kappa shape index (κ1) is 14.4. The molecule has 3 aromatic rings. The number of rotatable bonds is 4. The van der Waals surface area contributed by atoms with E-state index < -0.39 is 0 Å². The molecule has 3 N–H and O–H groups in total. The number of halogens is 2. The van der Waals surface area contributed by atoms with Crippen LogP contribution in [0.5, 0.6) is 0 Å². The van der Waals surface area contributed by atoms with E-state index in [4.69, 9.17) is 17.3 Å². The van der Waals surface area contributed by atoms with Crippen LogP contribution in [0.4, 0.5) is 4.39 Å². The first-order valence-corrected chi connectivity index (χ1v) is 7.80. The highest BCUT2D eigenvalue weighted by Gasteiger charge is 2.10. The third-order valence-electron chi connectivity index (χ3n) is 3.28. The van der Waals surface area contributed by atoms with Crippen LogP contribution in [-0.2, 0) is 6.42 Å². The molecule has 0 fully saturated rings. The molecular weight excluding hydrogens is 307 g/mol. The number of hydrogen-bond donors (Lipinski definition) is 2. The Bertz CT molecular complexity index is 785. The van der Waals surface area contributed by atoms with Crippen molar-refractivity contribution in [1.82, 2.24) is 4.98 Å². The van der Waals surface area contributed by atoms with E-state index in [0.717, 1.165) is 26.3 Å². The zero-order valence-electron chi connectivity index (χ0n) is 11.2. The Kier molecular flexibility index (Phi) is 4.19. The quantitative estimate of drug-likeness (QED) is 0.737. The molecule has 2 nitrogen and oxygen atoms in total. The smallest absolute Gasteiger partial charge is 0.123 e. The van der Waals surface area contributed by atoms with Gasteiger partial charge in [0, 0.05) is 21.4 Å². The van der Waals surface area contributed by atoms with Crippen molar-refractivity contribution < 1.29 is 4.39 Å². The van der Waals surface area contributed by atoms with E-state index in [1.54, 1.807) is 23.9 Å². The average molecular weight is 321 g/mol. The Hall–Kier alpha value is -1.49. The summed E-state index contributed by atoms with van der Waals surface area (Å²) in [5.74, 6) is -0.232. The Morgan fingerprint density at radius 1 is 1.19 bits per heavy atom. The number of H-pyrrole nitrogens is 1. The van der Waals surface area contributed by atoms with E-state index >= 15 is 0 Å². The lowest BCUT2D eigenvalue weighted by atomic mass is 10.1. The fraction of sp³-hybridized carbons (Fsp3) is 0.125. The van der Waals surface area contributed by atoms with E-state index in [1.807, 2.05) is 24.4 Å². The van der Waals surface area contributed by atoms with Crippen LogP contribution >= 0.6 is 23.4 Å². The van der Waals surface area contributed by atoms with Crippen molar-refractivity contribution in [1.29, 1.82) is 0 Å². The molecule has 1 heterocycles. The molecule has 1 aromatic heterocycles. The summed E-state index contributed by atoms with van der Waals surface area (Å²) in [4.78, 5) is 5.27. The van der Waals surface area contributed by atoms with Crippen molar-refractivity contribution >= 4 is 34.3 Å². The van der Waals surface area contributed by atoms with Crippen LogP contribution in [0.1, 0.15) is 5.56 Å². The van der Waals surface area contributed by atoms with E-state index in [-0.39, 0.29) is 5.82 Å². The fourth-order valence-electron chi connectivity index (χ4n) is 2.29. The van der Waals surface area contributed by atoms with E-state index in [1.165, 1.54) is 6.07 Å². The lowest BCUT2D eigenvalue weighted by Crippen LogP contribution is -2.04. The molecule has 3 rings (SSSR count). The van der Waals surface area contributed by atoms with E-state index in [0.29, 0.717) is 18.0 Å². The van der Waals surface area contributed by atoms with E-state index in [9.17, 15) is 4.39 Å². The van der Waals surface area contributed by atoms with Gasteiger partial charge in [-0.15, -0.1) is 0 Å². The number of nitrogens with one attached hydrogen (secondary N) is 1. The molecule has 0 aliphatic carbocycles. The van der Waals surface area contributed by atoms with Gasteiger partial charge < -0.3 is 10.7 Å². The summed E-state index contributed by atoms with van der Waals surface area (Å²) in [6.07, 6.45) is 2.58. The molecule has 2 aromatic carbocycles. The maximum atomic E-state index is 13.4. The number of benzene rings is 2. The summed E-state index contributed by atoms with van der Waals surface area (Å²) in [5.41, 5.74) is 7.46. The molecule has 5 heteroatoms. The van der Waals surface area contributed by atoms with Crippen LogP contribution in [-0.4, -0.2) is 11.5 Å². The molecule has 0 aliphatic rings. The average Bonchev–Trinajstić information content (AvgIpc) is 2.87. The number of hydrogen-bond acceptors (Lipinski definition) is 2. The SMILES string of the molecule is NCCc1cc(F)ccc1Sc1c[nH]c2c(Cl)cccc12. The van der Waals surface area contributed by atoms with Crippen molar-refractivity contribution in [3.63, 3.8) is 0 Å². The first-order chi connectivity index (χ1) is 10.2. The summed E-state index contributed by atoms with van der Waals surface area (Å²) in [7, 11) is 0.